The van der Waals surface area contributed by atoms with Gasteiger partial charge in [0.05, 0.1) is 19.8 Å². The Balaban J connectivity index is 1.88. The highest BCUT2D eigenvalue weighted by molar-refractivity contribution is 5.44. The number of allylic oxidation sites excluding steroid dienone is 1. The first-order valence-corrected chi connectivity index (χ1v) is 7.01. The summed E-state index contributed by atoms with van der Waals surface area (Å²) in [5.74, 6) is 2.45. The minimum atomic E-state index is 0.215. The van der Waals surface area contributed by atoms with Gasteiger partial charge in [-0.2, -0.15) is 0 Å². The van der Waals surface area contributed by atoms with Crippen LogP contribution in [0.15, 0.2) is 35.3 Å². The van der Waals surface area contributed by atoms with Crippen molar-refractivity contribution in [2.75, 3.05) is 20.3 Å². The molecule has 3 atom stereocenters. The van der Waals surface area contributed by atoms with Crippen LogP contribution in [0.2, 0.25) is 0 Å². The molecular weight excluding hydrogens is 242 g/mol. The SMILES string of the molecule is COC1=CC2=C3OCCC3C(CCCO)NC2C=C1. The maximum atomic E-state index is 9.03. The highest BCUT2D eigenvalue weighted by atomic mass is 16.5. The Morgan fingerprint density at radius 1 is 1.53 bits per heavy atom. The topological polar surface area (TPSA) is 50.7 Å². The van der Waals surface area contributed by atoms with Gasteiger partial charge in [0.1, 0.15) is 11.5 Å². The summed E-state index contributed by atoms with van der Waals surface area (Å²) in [7, 11) is 1.69. The Morgan fingerprint density at radius 2 is 2.42 bits per heavy atom. The van der Waals surface area contributed by atoms with Crippen LogP contribution in [-0.2, 0) is 9.47 Å². The molecule has 0 aromatic carbocycles. The van der Waals surface area contributed by atoms with Crippen LogP contribution in [0.4, 0.5) is 0 Å². The summed E-state index contributed by atoms with van der Waals surface area (Å²) in [5, 5.41) is 12.7. The molecule has 4 nitrogen and oxygen atoms in total. The predicted octanol–water partition coefficient (Wildman–Crippen LogP) is 1.49. The number of methoxy groups -OCH3 is 1. The first-order chi connectivity index (χ1) is 9.33. The first kappa shape index (κ1) is 12.8. The summed E-state index contributed by atoms with van der Waals surface area (Å²) >= 11 is 0. The molecule has 1 aliphatic carbocycles. The van der Waals surface area contributed by atoms with E-state index in [9.17, 15) is 0 Å². The van der Waals surface area contributed by atoms with Crippen LogP contribution < -0.4 is 5.32 Å². The maximum absolute atomic E-state index is 9.03. The molecule has 2 N–H and O–H groups in total. The van der Waals surface area contributed by atoms with Crippen molar-refractivity contribution < 1.29 is 14.6 Å². The van der Waals surface area contributed by atoms with E-state index in [2.05, 4.69) is 17.5 Å². The molecule has 0 amide bonds. The molecule has 1 saturated heterocycles. The molecule has 0 radical (unpaired) electrons. The number of hydrogen-bond donors (Lipinski definition) is 2. The molecular formula is C15H21NO3. The summed E-state index contributed by atoms with van der Waals surface area (Å²) < 4.78 is 11.2. The first-order valence-electron chi connectivity index (χ1n) is 7.01. The largest absolute Gasteiger partial charge is 0.497 e. The third-order valence-corrected chi connectivity index (χ3v) is 4.18. The van der Waals surface area contributed by atoms with Gasteiger partial charge >= 0.3 is 0 Å². The predicted molar refractivity (Wildman–Crippen MR) is 72.3 cm³/mol. The molecule has 0 bridgehead atoms. The second-order valence-corrected chi connectivity index (χ2v) is 5.29. The number of fused-ring (bicyclic) bond motifs is 2. The molecule has 19 heavy (non-hydrogen) atoms. The van der Waals surface area contributed by atoms with Crippen molar-refractivity contribution in [2.45, 2.75) is 31.3 Å². The quantitative estimate of drug-likeness (QED) is 0.807. The lowest BCUT2D eigenvalue weighted by Gasteiger charge is -2.36. The van der Waals surface area contributed by atoms with Crippen LogP contribution in [0.5, 0.6) is 0 Å². The van der Waals surface area contributed by atoms with Crippen molar-refractivity contribution in [1.29, 1.82) is 0 Å². The van der Waals surface area contributed by atoms with E-state index in [1.165, 1.54) is 5.57 Å². The number of ether oxygens (including phenoxy) is 2. The van der Waals surface area contributed by atoms with E-state index in [0.29, 0.717) is 12.0 Å². The smallest absolute Gasteiger partial charge is 0.119 e. The Morgan fingerprint density at radius 3 is 3.21 bits per heavy atom. The normalized spacial score (nSPS) is 32.5. The van der Waals surface area contributed by atoms with Gasteiger partial charge in [-0.05, 0) is 31.4 Å². The van der Waals surface area contributed by atoms with Crippen molar-refractivity contribution in [3.05, 3.63) is 35.3 Å². The van der Waals surface area contributed by atoms with E-state index < -0.39 is 0 Å². The van der Waals surface area contributed by atoms with Crippen LogP contribution in [-0.4, -0.2) is 37.5 Å². The summed E-state index contributed by atoms with van der Waals surface area (Å²) in [4.78, 5) is 0. The van der Waals surface area contributed by atoms with E-state index >= 15 is 0 Å². The fourth-order valence-corrected chi connectivity index (χ4v) is 3.24. The lowest BCUT2D eigenvalue weighted by molar-refractivity contribution is 0.223. The molecule has 4 heteroatoms. The van der Waals surface area contributed by atoms with Crippen LogP contribution >= 0.6 is 0 Å². The molecule has 3 rings (SSSR count). The monoisotopic (exact) mass is 263 g/mol. The maximum Gasteiger partial charge on any atom is 0.119 e. The lowest BCUT2D eigenvalue weighted by atomic mass is 9.82. The van der Waals surface area contributed by atoms with E-state index in [4.69, 9.17) is 14.6 Å². The highest BCUT2D eigenvalue weighted by Gasteiger charge is 2.39. The van der Waals surface area contributed by atoms with Gasteiger partial charge in [0.15, 0.2) is 0 Å². The second kappa shape index (κ2) is 5.39. The zero-order valence-corrected chi connectivity index (χ0v) is 11.3. The Bertz CT molecular complexity index is 439. The average molecular weight is 263 g/mol. The zero-order valence-electron chi connectivity index (χ0n) is 11.3. The van der Waals surface area contributed by atoms with E-state index in [1.54, 1.807) is 7.11 Å². The van der Waals surface area contributed by atoms with Gasteiger partial charge in [-0.3, -0.25) is 0 Å². The molecule has 0 aromatic rings. The molecule has 0 saturated carbocycles. The number of rotatable bonds is 4. The lowest BCUT2D eigenvalue weighted by Crippen LogP contribution is -2.47. The average Bonchev–Trinajstić information content (AvgIpc) is 2.94. The fraction of sp³-hybridized carbons (Fsp3) is 0.600. The van der Waals surface area contributed by atoms with E-state index in [0.717, 1.165) is 37.4 Å². The van der Waals surface area contributed by atoms with Crippen molar-refractivity contribution in [3.8, 4) is 0 Å². The van der Waals surface area contributed by atoms with Gasteiger partial charge in [0.2, 0.25) is 0 Å². The minimum Gasteiger partial charge on any atom is -0.497 e. The summed E-state index contributed by atoms with van der Waals surface area (Å²) in [6, 6.07) is 0.618. The summed E-state index contributed by atoms with van der Waals surface area (Å²) in [6.45, 7) is 1.05. The van der Waals surface area contributed by atoms with Gasteiger partial charge in [-0.1, -0.05) is 6.08 Å². The standard InChI is InChI=1S/C15H21NO3/c1-18-10-4-5-14-12(9-10)15-11(6-8-19-15)13(16-14)3-2-7-17/h4-5,9,11,13-14,16-17H,2-3,6-8H2,1H3. The van der Waals surface area contributed by atoms with Crippen molar-refractivity contribution in [2.24, 2.45) is 5.92 Å². The van der Waals surface area contributed by atoms with E-state index in [1.807, 2.05) is 6.08 Å². The third kappa shape index (κ3) is 2.30. The minimum absolute atomic E-state index is 0.215. The Kier molecular flexibility index (Phi) is 3.62. The molecule has 0 aromatic heterocycles. The van der Waals surface area contributed by atoms with Gasteiger partial charge in [-0.15, -0.1) is 0 Å². The molecule has 3 aliphatic rings. The molecule has 104 valence electrons. The van der Waals surface area contributed by atoms with Gasteiger partial charge in [0.25, 0.3) is 0 Å². The van der Waals surface area contributed by atoms with Crippen LogP contribution in [0.25, 0.3) is 0 Å². The number of nitrogens with one attached hydrogen (secondary N) is 1. The molecule has 2 aliphatic heterocycles. The molecule has 2 heterocycles. The summed E-state index contributed by atoms with van der Waals surface area (Å²) in [6.07, 6.45) is 9.10. The van der Waals surface area contributed by atoms with Crippen LogP contribution in [0, 0.1) is 5.92 Å². The van der Waals surface area contributed by atoms with Crippen LogP contribution in [0.1, 0.15) is 19.3 Å². The van der Waals surface area contributed by atoms with Crippen LogP contribution in [0.3, 0.4) is 0 Å². The van der Waals surface area contributed by atoms with Gasteiger partial charge < -0.3 is 19.9 Å². The zero-order chi connectivity index (χ0) is 13.2. The number of hydrogen-bond acceptors (Lipinski definition) is 4. The Hall–Kier alpha value is -1.26. The number of aliphatic hydroxyl groups is 1. The Labute approximate surface area is 113 Å². The number of aliphatic hydroxyl groups excluding tert-OH is 1. The molecule has 0 spiro atoms. The summed E-state index contributed by atoms with van der Waals surface area (Å²) in [5.41, 5.74) is 1.21. The van der Waals surface area contributed by atoms with Crippen molar-refractivity contribution in [3.63, 3.8) is 0 Å². The highest BCUT2D eigenvalue weighted by Crippen LogP contribution is 2.39. The third-order valence-electron chi connectivity index (χ3n) is 4.18. The van der Waals surface area contributed by atoms with E-state index in [-0.39, 0.29) is 12.6 Å². The van der Waals surface area contributed by atoms with Crippen molar-refractivity contribution >= 4 is 0 Å². The molecule has 3 unspecified atom stereocenters. The van der Waals surface area contributed by atoms with Gasteiger partial charge in [0, 0.05) is 24.1 Å². The molecule has 1 fully saturated rings. The van der Waals surface area contributed by atoms with Crippen molar-refractivity contribution in [1.82, 2.24) is 5.32 Å². The van der Waals surface area contributed by atoms with Gasteiger partial charge in [-0.25, -0.2) is 0 Å². The second-order valence-electron chi connectivity index (χ2n) is 5.29. The fourth-order valence-electron chi connectivity index (χ4n) is 3.24.